The number of tetrazole rings is 1. The average molecular weight is 320 g/mol. The number of carbonyl (C=O) groups is 2. The average Bonchev–Trinajstić information content (AvgIpc) is 2.94. The third-order valence-electron chi connectivity index (χ3n) is 2.64. The Balaban J connectivity index is 1.97. The van der Waals surface area contributed by atoms with Crippen LogP contribution in [0.4, 0.5) is 4.79 Å². The molecule has 22 heavy (non-hydrogen) atoms. The molecule has 2 N–H and O–H groups in total. The molecule has 2 aromatic rings. The number of aromatic nitrogens is 4. The molecule has 0 unspecified atom stereocenters. The van der Waals surface area contributed by atoms with Gasteiger partial charge in [0.1, 0.15) is 0 Å². The SMILES string of the molecule is CCNC(=O)NC(=O)CSc1nnnn1-c1ccc(C)cc1. The lowest BCUT2D eigenvalue weighted by Gasteiger charge is -2.05. The lowest BCUT2D eigenvalue weighted by molar-refractivity contribution is -0.117. The second kappa shape index (κ2) is 7.55. The van der Waals surface area contributed by atoms with E-state index in [4.69, 9.17) is 0 Å². The Morgan fingerprint density at radius 1 is 1.27 bits per heavy atom. The molecule has 0 aliphatic heterocycles. The number of urea groups is 1. The smallest absolute Gasteiger partial charge is 0.321 e. The molecule has 2 rings (SSSR count). The number of rotatable bonds is 5. The van der Waals surface area contributed by atoms with Gasteiger partial charge in [-0.2, -0.15) is 4.68 Å². The molecule has 8 nitrogen and oxygen atoms in total. The normalized spacial score (nSPS) is 10.3. The Morgan fingerprint density at radius 3 is 2.68 bits per heavy atom. The van der Waals surface area contributed by atoms with Crippen LogP contribution in [0.1, 0.15) is 12.5 Å². The Kier molecular flexibility index (Phi) is 5.48. The third-order valence-corrected chi connectivity index (χ3v) is 3.56. The minimum atomic E-state index is -0.508. The molecule has 116 valence electrons. The highest BCUT2D eigenvalue weighted by Gasteiger charge is 2.12. The van der Waals surface area contributed by atoms with E-state index in [9.17, 15) is 9.59 Å². The van der Waals surface area contributed by atoms with Crippen LogP contribution in [0, 0.1) is 6.92 Å². The summed E-state index contributed by atoms with van der Waals surface area (Å²) in [6, 6.07) is 7.18. The largest absolute Gasteiger partial charge is 0.338 e. The standard InChI is InChI=1S/C13H16N6O2S/c1-3-14-12(21)15-11(20)8-22-13-16-17-18-19(13)10-6-4-9(2)5-7-10/h4-7H,3,8H2,1-2H3,(H2,14,15,20,21). The van der Waals surface area contributed by atoms with Crippen LogP contribution in [-0.4, -0.2) is 44.4 Å². The van der Waals surface area contributed by atoms with Gasteiger partial charge in [0.25, 0.3) is 0 Å². The lowest BCUT2D eigenvalue weighted by atomic mass is 10.2. The van der Waals surface area contributed by atoms with Crippen LogP contribution in [0.15, 0.2) is 29.4 Å². The van der Waals surface area contributed by atoms with E-state index >= 15 is 0 Å². The summed E-state index contributed by atoms with van der Waals surface area (Å²) < 4.78 is 1.55. The van der Waals surface area contributed by atoms with Crippen LogP contribution in [0.2, 0.25) is 0 Å². The molecule has 1 aromatic carbocycles. The molecule has 3 amide bonds. The number of hydrogen-bond acceptors (Lipinski definition) is 6. The maximum atomic E-state index is 11.6. The molecule has 0 radical (unpaired) electrons. The minimum absolute atomic E-state index is 0.0450. The fourth-order valence-electron chi connectivity index (χ4n) is 1.61. The molecular formula is C13H16N6O2S. The molecule has 9 heteroatoms. The van der Waals surface area contributed by atoms with E-state index in [1.54, 1.807) is 11.6 Å². The number of carbonyl (C=O) groups excluding carboxylic acids is 2. The zero-order valence-electron chi connectivity index (χ0n) is 12.2. The predicted molar refractivity (Wildman–Crippen MR) is 81.8 cm³/mol. The number of thioether (sulfide) groups is 1. The van der Waals surface area contributed by atoms with Crippen LogP contribution in [0.25, 0.3) is 5.69 Å². The first kappa shape index (κ1) is 16.0. The van der Waals surface area contributed by atoms with Gasteiger partial charge in [0.15, 0.2) is 0 Å². The second-order valence-electron chi connectivity index (χ2n) is 4.41. The molecule has 0 aliphatic rings. The van der Waals surface area contributed by atoms with Gasteiger partial charge in [0, 0.05) is 6.54 Å². The molecular weight excluding hydrogens is 304 g/mol. The van der Waals surface area contributed by atoms with Gasteiger partial charge in [-0.05, 0) is 36.4 Å². The van der Waals surface area contributed by atoms with Crippen molar-refractivity contribution in [1.82, 2.24) is 30.8 Å². The van der Waals surface area contributed by atoms with Crippen molar-refractivity contribution in [3.05, 3.63) is 29.8 Å². The van der Waals surface area contributed by atoms with Crippen molar-refractivity contribution in [2.75, 3.05) is 12.3 Å². The second-order valence-corrected chi connectivity index (χ2v) is 5.35. The summed E-state index contributed by atoms with van der Waals surface area (Å²) >= 11 is 1.16. The minimum Gasteiger partial charge on any atom is -0.338 e. The highest BCUT2D eigenvalue weighted by molar-refractivity contribution is 7.99. The van der Waals surface area contributed by atoms with Gasteiger partial charge in [-0.25, -0.2) is 4.79 Å². The summed E-state index contributed by atoms with van der Waals surface area (Å²) in [5.74, 6) is -0.363. The van der Waals surface area contributed by atoms with Crippen LogP contribution < -0.4 is 10.6 Å². The van der Waals surface area contributed by atoms with Crippen LogP contribution in [-0.2, 0) is 4.79 Å². The van der Waals surface area contributed by atoms with Gasteiger partial charge in [0.2, 0.25) is 11.1 Å². The van der Waals surface area contributed by atoms with Gasteiger partial charge < -0.3 is 5.32 Å². The first-order valence-corrected chi connectivity index (χ1v) is 7.64. The number of nitrogens with one attached hydrogen (secondary N) is 2. The molecule has 1 heterocycles. The summed E-state index contributed by atoms with van der Waals surface area (Å²) in [4.78, 5) is 22.9. The number of nitrogens with zero attached hydrogens (tertiary/aromatic N) is 4. The van der Waals surface area contributed by atoms with E-state index in [0.29, 0.717) is 11.7 Å². The molecule has 0 saturated heterocycles. The summed E-state index contributed by atoms with van der Waals surface area (Å²) in [6.45, 7) is 4.22. The fraction of sp³-hybridized carbons (Fsp3) is 0.308. The molecule has 0 bridgehead atoms. The van der Waals surface area contributed by atoms with Gasteiger partial charge in [-0.15, -0.1) is 5.10 Å². The van der Waals surface area contributed by atoms with Gasteiger partial charge in [-0.1, -0.05) is 29.5 Å². The Hall–Kier alpha value is -2.42. The highest BCUT2D eigenvalue weighted by atomic mass is 32.2. The molecule has 0 fully saturated rings. The Bertz CT molecular complexity index is 655. The van der Waals surface area contributed by atoms with Crippen molar-refractivity contribution in [3.63, 3.8) is 0 Å². The molecule has 0 aliphatic carbocycles. The zero-order chi connectivity index (χ0) is 15.9. The summed E-state index contributed by atoms with van der Waals surface area (Å²) in [7, 11) is 0. The first-order chi connectivity index (χ1) is 10.6. The van der Waals surface area contributed by atoms with Crippen molar-refractivity contribution in [2.24, 2.45) is 0 Å². The van der Waals surface area contributed by atoms with E-state index in [1.807, 2.05) is 31.2 Å². The number of aryl methyl sites for hydroxylation is 1. The van der Waals surface area contributed by atoms with E-state index in [0.717, 1.165) is 23.0 Å². The molecule has 0 atom stereocenters. The van der Waals surface area contributed by atoms with E-state index in [2.05, 4.69) is 26.2 Å². The summed E-state index contributed by atoms with van der Waals surface area (Å²) in [6.07, 6.45) is 0. The van der Waals surface area contributed by atoms with Crippen molar-refractivity contribution in [1.29, 1.82) is 0 Å². The van der Waals surface area contributed by atoms with Crippen LogP contribution >= 0.6 is 11.8 Å². The monoisotopic (exact) mass is 320 g/mol. The quantitative estimate of drug-likeness (QED) is 0.794. The number of benzene rings is 1. The van der Waals surface area contributed by atoms with Crippen molar-refractivity contribution in [3.8, 4) is 5.69 Å². The van der Waals surface area contributed by atoms with Crippen LogP contribution in [0.5, 0.6) is 0 Å². The first-order valence-electron chi connectivity index (χ1n) is 6.66. The molecule has 0 spiro atoms. The Labute approximate surface area is 131 Å². The fourth-order valence-corrected chi connectivity index (χ4v) is 2.31. The molecule has 0 saturated carbocycles. The zero-order valence-corrected chi connectivity index (χ0v) is 13.1. The van der Waals surface area contributed by atoms with Gasteiger partial charge in [0.05, 0.1) is 11.4 Å². The Morgan fingerprint density at radius 2 is 2.00 bits per heavy atom. The van der Waals surface area contributed by atoms with Crippen LogP contribution in [0.3, 0.4) is 0 Å². The van der Waals surface area contributed by atoms with E-state index in [-0.39, 0.29) is 5.75 Å². The maximum absolute atomic E-state index is 11.6. The van der Waals surface area contributed by atoms with Gasteiger partial charge >= 0.3 is 6.03 Å². The lowest BCUT2D eigenvalue weighted by Crippen LogP contribution is -2.40. The highest BCUT2D eigenvalue weighted by Crippen LogP contribution is 2.18. The number of imide groups is 1. The predicted octanol–water partition coefficient (Wildman–Crippen LogP) is 0.909. The summed E-state index contributed by atoms with van der Waals surface area (Å²) in [5, 5.41) is 16.6. The maximum Gasteiger partial charge on any atom is 0.321 e. The molecule has 1 aromatic heterocycles. The summed E-state index contributed by atoms with van der Waals surface area (Å²) in [5.41, 5.74) is 1.94. The van der Waals surface area contributed by atoms with E-state index < -0.39 is 11.9 Å². The third kappa shape index (κ3) is 4.29. The van der Waals surface area contributed by atoms with Gasteiger partial charge in [-0.3, -0.25) is 10.1 Å². The van der Waals surface area contributed by atoms with E-state index in [1.165, 1.54) is 0 Å². The van der Waals surface area contributed by atoms with Crippen molar-refractivity contribution < 1.29 is 9.59 Å². The van der Waals surface area contributed by atoms with Crippen molar-refractivity contribution >= 4 is 23.7 Å². The number of hydrogen-bond donors (Lipinski definition) is 2. The topological polar surface area (TPSA) is 102 Å². The number of amides is 3. The van der Waals surface area contributed by atoms with Crippen molar-refractivity contribution in [2.45, 2.75) is 19.0 Å².